The molecule has 4 aromatic rings. The Labute approximate surface area is 256 Å². The second kappa shape index (κ2) is 16.2. The zero-order chi connectivity index (χ0) is 30.6. The van der Waals surface area contributed by atoms with Crippen molar-refractivity contribution < 1.29 is 29.2 Å². The van der Waals surface area contributed by atoms with Gasteiger partial charge in [-0.05, 0) is 59.2 Å². The number of nitrogens with zero attached hydrogens (tertiary/aromatic N) is 2. The van der Waals surface area contributed by atoms with E-state index in [1.54, 1.807) is 25.6 Å². The average molecular weight is 609 g/mol. The Hall–Kier alpha value is -3.74. The summed E-state index contributed by atoms with van der Waals surface area (Å²) in [5, 5.41) is 26.4. The molecule has 0 amide bonds. The van der Waals surface area contributed by atoms with Gasteiger partial charge in [0.2, 0.25) is 23.5 Å². The van der Waals surface area contributed by atoms with Crippen molar-refractivity contribution in [3.8, 4) is 34.6 Å². The van der Waals surface area contributed by atoms with E-state index in [-0.39, 0.29) is 13.2 Å². The predicted octanol–water partition coefficient (Wildman–Crippen LogP) is 4.16. The lowest BCUT2D eigenvalue weighted by Crippen LogP contribution is -2.18. The Balaban J connectivity index is 1.42. The minimum absolute atomic E-state index is 0.0723. The molecule has 1 aromatic carbocycles. The van der Waals surface area contributed by atoms with Gasteiger partial charge in [0.15, 0.2) is 0 Å². The quantitative estimate of drug-likeness (QED) is 0.130. The molecule has 3 heterocycles. The van der Waals surface area contributed by atoms with Crippen molar-refractivity contribution in [2.24, 2.45) is 0 Å². The van der Waals surface area contributed by atoms with Crippen molar-refractivity contribution in [3.63, 3.8) is 0 Å². The number of nitrogens with one attached hydrogen (secondary N) is 2. The first-order valence-electron chi connectivity index (χ1n) is 14.1. The van der Waals surface area contributed by atoms with Gasteiger partial charge in [0.25, 0.3) is 0 Å². The standard InChI is InChI=1S/C32H40N4O6S/c1-21-25(18-41-29-10-8-23(16-33-12-14-37)31(35-29)39-3)6-5-7-26(21)27-20-43-28(22(27)2)19-42-30-11-9-24(17-34-13-15-38)32(36-30)40-4/h5-11,20,33-34,37-38H,12-19H2,1-4H3. The van der Waals surface area contributed by atoms with Crippen molar-refractivity contribution in [2.75, 3.05) is 40.5 Å². The van der Waals surface area contributed by atoms with Crippen LogP contribution in [-0.2, 0) is 26.3 Å². The zero-order valence-electron chi connectivity index (χ0n) is 25.1. The summed E-state index contributed by atoms with van der Waals surface area (Å²) >= 11 is 1.66. The Kier molecular flexibility index (Phi) is 12.1. The Morgan fingerprint density at radius 3 is 1.84 bits per heavy atom. The van der Waals surface area contributed by atoms with Crippen molar-refractivity contribution in [3.05, 3.63) is 80.5 Å². The number of rotatable bonds is 17. The zero-order valence-corrected chi connectivity index (χ0v) is 25.9. The normalized spacial score (nSPS) is 11.0. The van der Waals surface area contributed by atoms with Crippen LogP contribution in [0.15, 0.2) is 47.8 Å². The minimum Gasteiger partial charge on any atom is -0.481 e. The summed E-state index contributed by atoms with van der Waals surface area (Å²) in [4.78, 5) is 10.1. The van der Waals surface area contributed by atoms with Gasteiger partial charge >= 0.3 is 0 Å². The van der Waals surface area contributed by atoms with Gasteiger partial charge in [0, 0.05) is 54.3 Å². The van der Waals surface area contributed by atoms with Gasteiger partial charge in [0.1, 0.15) is 13.2 Å². The molecule has 0 bridgehead atoms. The highest BCUT2D eigenvalue weighted by molar-refractivity contribution is 7.10. The van der Waals surface area contributed by atoms with E-state index in [1.807, 2.05) is 30.3 Å². The maximum atomic E-state index is 8.99. The third kappa shape index (κ3) is 8.43. The fourth-order valence-electron chi connectivity index (χ4n) is 4.58. The highest BCUT2D eigenvalue weighted by Crippen LogP contribution is 2.35. The van der Waals surface area contributed by atoms with Crippen LogP contribution in [0.1, 0.15) is 32.7 Å². The molecule has 0 unspecified atom stereocenters. The number of hydrogen-bond acceptors (Lipinski definition) is 11. The summed E-state index contributed by atoms with van der Waals surface area (Å²) in [6.07, 6.45) is 0. The molecule has 0 saturated carbocycles. The first-order chi connectivity index (χ1) is 21.0. The van der Waals surface area contributed by atoms with Gasteiger partial charge in [-0.25, -0.2) is 0 Å². The van der Waals surface area contributed by atoms with Crippen molar-refractivity contribution in [1.29, 1.82) is 0 Å². The van der Waals surface area contributed by atoms with Crippen LogP contribution in [0.25, 0.3) is 11.1 Å². The Morgan fingerprint density at radius 1 is 0.698 bits per heavy atom. The third-order valence-corrected chi connectivity index (χ3v) is 8.09. The molecule has 0 spiro atoms. The highest BCUT2D eigenvalue weighted by atomic mass is 32.1. The third-order valence-electron chi connectivity index (χ3n) is 7.03. The number of aromatic nitrogens is 2. The van der Waals surface area contributed by atoms with E-state index < -0.39 is 0 Å². The molecule has 4 rings (SSSR count). The van der Waals surface area contributed by atoms with Crippen LogP contribution in [0.4, 0.5) is 0 Å². The molecular weight excluding hydrogens is 568 g/mol. The molecule has 0 radical (unpaired) electrons. The summed E-state index contributed by atoms with van der Waals surface area (Å²) in [5.41, 5.74) is 7.49. The average Bonchev–Trinajstić information content (AvgIpc) is 3.39. The van der Waals surface area contributed by atoms with E-state index in [4.69, 9.17) is 29.2 Å². The van der Waals surface area contributed by atoms with Gasteiger partial charge in [0.05, 0.1) is 27.4 Å². The Bertz CT molecular complexity index is 1480. The summed E-state index contributed by atoms with van der Waals surface area (Å²) in [7, 11) is 3.17. The first-order valence-corrected chi connectivity index (χ1v) is 15.0. The van der Waals surface area contributed by atoms with Gasteiger partial charge in [-0.1, -0.05) is 18.2 Å². The lowest BCUT2D eigenvalue weighted by Gasteiger charge is -2.14. The summed E-state index contributed by atoms with van der Waals surface area (Å²) < 4.78 is 23.0. The molecule has 0 aliphatic rings. The van der Waals surface area contributed by atoms with E-state index in [1.165, 1.54) is 11.1 Å². The number of hydrogen-bond donors (Lipinski definition) is 4. The van der Waals surface area contributed by atoms with Crippen LogP contribution in [0.2, 0.25) is 0 Å². The minimum atomic E-state index is 0.0723. The highest BCUT2D eigenvalue weighted by Gasteiger charge is 2.15. The van der Waals surface area contributed by atoms with Crippen LogP contribution >= 0.6 is 11.3 Å². The van der Waals surface area contributed by atoms with E-state index in [0.29, 0.717) is 62.9 Å². The number of aliphatic hydroxyl groups is 2. The molecule has 11 heteroatoms. The van der Waals surface area contributed by atoms with Crippen LogP contribution in [0, 0.1) is 13.8 Å². The number of pyridine rings is 2. The molecule has 10 nitrogen and oxygen atoms in total. The van der Waals surface area contributed by atoms with Crippen molar-refractivity contribution >= 4 is 11.3 Å². The molecule has 0 saturated heterocycles. The monoisotopic (exact) mass is 608 g/mol. The van der Waals surface area contributed by atoms with Crippen LogP contribution in [0.3, 0.4) is 0 Å². The van der Waals surface area contributed by atoms with E-state index in [2.05, 4.69) is 52.0 Å². The molecule has 0 aliphatic heterocycles. The second-order valence-electron chi connectivity index (χ2n) is 9.80. The number of benzene rings is 1. The van der Waals surface area contributed by atoms with Crippen LogP contribution in [-0.4, -0.2) is 60.7 Å². The van der Waals surface area contributed by atoms with Crippen molar-refractivity contribution in [1.82, 2.24) is 20.6 Å². The topological polar surface area (TPSA) is 127 Å². The van der Waals surface area contributed by atoms with Gasteiger partial charge in [-0.2, -0.15) is 9.97 Å². The largest absolute Gasteiger partial charge is 0.481 e. The van der Waals surface area contributed by atoms with E-state index >= 15 is 0 Å². The molecule has 3 aromatic heterocycles. The van der Waals surface area contributed by atoms with E-state index in [9.17, 15) is 0 Å². The molecule has 0 aliphatic carbocycles. The molecule has 0 fully saturated rings. The van der Waals surface area contributed by atoms with E-state index in [0.717, 1.165) is 32.7 Å². The van der Waals surface area contributed by atoms with Gasteiger partial charge in [-0.15, -0.1) is 11.3 Å². The molecular formula is C32H40N4O6S. The van der Waals surface area contributed by atoms with Gasteiger partial charge in [-0.3, -0.25) is 0 Å². The summed E-state index contributed by atoms with van der Waals surface area (Å²) in [6.45, 7) is 7.24. The first kappa shape index (κ1) is 32.2. The predicted molar refractivity (Wildman–Crippen MR) is 167 cm³/mol. The lowest BCUT2D eigenvalue weighted by atomic mass is 9.96. The fourth-order valence-corrected chi connectivity index (χ4v) is 5.56. The molecule has 0 atom stereocenters. The summed E-state index contributed by atoms with van der Waals surface area (Å²) in [5.74, 6) is 1.98. The fraction of sp³-hybridized carbons (Fsp3) is 0.375. The molecule has 4 N–H and O–H groups in total. The maximum absolute atomic E-state index is 8.99. The summed E-state index contributed by atoms with van der Waals surface area (Å²) in [6, 6.07) is 13.8. The lowest BCUT2D eigenvalue weighted by molar-refractivity contribution is 0.283. The van der Waals surface area contributed by atoms with Gasteiger partial charge < -0.3 is 39.8 Å². The number of ether oxygens (including phenoxy) is 4. The second-order valence-corrected chi connectivity index (χ2v) is 10.8. The molecule has 230 valence electrons. The number of aliphatic hydroxyl groups excluding tert-OH is 2. The number of thiophene rings is 1. The van der Waals surface area contributed by atoms with Crippen LogP contribution < -0.4 is 29.6 Å². The number of methoxy groups -OCH3 is 2. The Morgan fingerprint density at radius 2 is 1.28 bits per heavy atom. The SMILES string of the molecule is COc1nc(OCc2cccc(-c3csc(COc4ccc(CNCCO)c(OC)n4)c3C)c2C)ccc1CNCCO. The van der Waals surface area contributed by atoms with Crippen LogP contribution in [0.5, 0.6) is 23.5 Å². The van der Waals surface area contributed by atoms with Crippen molar-refractivity contribution in [2.45, 2.75) is 40.2 Å². The smallest absolute Gasteiger partial charge is 0.220 e. The molecule has 43 heavy (non-hydrogen) atoms. The maximum Gasteiger partial charge on any atom is 0.220 e.